The molecule has 0 amide bonds. The third-order valence-corrected chi connectivity index (χ3v) is 2.08. The first-order valence-electron chi connectivity index (χ1n) is 5.84. The number of nitrogens with zero attached hydrogens (tertiary/aromatic N) is 1. The summed E-state index contributed by atoms with van der Waals surface area (Å²) in [5, 5.41) is 3.36. The molecule has 0 aromatic carbocycles. The van der Waals surface area contributed by atoms with Crippen molar-refractivity contribution < 1.29 is 4.42 Å². The molecule has 3 nitrogen and oxygen atoms in total. The van der Waals surface area contributed by atoms with Crippen LogP contribution < -0.4 is 5.32 Å². The van der Waals surface area contributed by atoms with E-state index < -0.39 is 0 Å². The minimum atomic E-state index is 0.0959. The molecule has 0 aliphatic heterocycles. The highest BCUT2D eigenvalue weighted by molar-refractivity contribution is 4.97. The summed E-state index contributed by atoms with van der Waals surface area (Å²) < 4.78 is 5.68. The van der Waals surface area contributed by atoms with Gasteiger partial charge < -0.3 is 9.73 Å². The summed E-state index contributed by atoms with van der Waals surface area (Å²) >= 11 is 0. The van der Waals surface area contributed by atoms with Gasteiger partial charge in [-0.3, -0.25) is 0 Å². The lowest BCUT2D eigenvalue weighted by atomic mass is 9.91. The highest BCUT2D eigenvalue weighted by Crippen LogP contribution is 2.20. The molecular formula is C13H24N2O. The Balaban J connectivity index is 2.52. The van der Waals surface area contributed by atoms with Gasteiger partial charge in [0.1, 0.15) is 5.76 Å². The zero-order chi connectivity index (χ0) is 12.4. The lowest BCUT2D eigenvalue weighted by molar-refractivity contribution is 0.335. The molecular weight excluding hydrogens is 200 g/mol. The van der Waals surface area contributed by atoms with Crippen molar-refractivity contribution in [3.63, 3.8) is 0 Å². The largest absolute Gasteiger partial charge is 0.444 e. The van der Waals surface area contributed by atoms with Crippen LogP contribution in [0.3, 0.4) is 0 Å². The van der Waals surface area contributed by atoms with Crippen molar-refractivity contribution in [3.05, 3.63) is 17.8 Å². The number of hydrogen-bond donors (Lipinski definition) is 1. The molecule has 0 saturated heterocycles. The Morgan fingerprint density at radius 3 is 2.31 bits per heavy atom. The van der Waals surface area contributed by atoms with E-state index in [1.54, 1.807) is 0 Å². The molecule has 3 heteroatoms. The average Bonchev–Trinajstić information content (AvgIpc) is 2.44. The average molecular weight is 224 g/mol. The molecule has 0 saturated carbocycles. The standard InChI is InChI=1S/C13H24N2O/c1-12(2,3)7-10-8-14-11(16-10)9-15-13(4,5)6/h8,15H,7,9H2,1-6H3. The third kappa shape index (κ3) is 5.31. The van der Waals surface area contributed by atoms with Crippen molar-refractivity contribution in [1.82, 2.24) is 10.3 Å². The van der Waals surface area contributed by atoms with Gasteiger partial charge in [0.25, 0.3) is 0 Å². The van der Waals surface area contributed by atoms with Crippen LogP contribution in [0, 0.1) is 5.41 Å². The second kappa shape index (κ2) is 4.58. The second-order valence-electron chi connectivity index (χ2n) is 6.56. The van der Waals surface area contributed by atoms with Gasteiger partial charge in [-0.05, 0) is 26.2 Å². The molecule has 1 aromatic heterocycles. The summed E-state index contributed by atoms with van der Waals surface area (Å²) in [6, 6.07) is 0. The van der Waals surface area contributed by atoms with Gasteiger partial charge in [0.05, 0.1) is 12.7 Å². The van der Waals surface area contributed by atoms with Gasteiger partial charge in [0, 0.05) is 12.0 Å². The van der Waals surface area contributed by atoms with Gasteiger partial charge in [0.2, 0.25) is 5.89 Å². The molecule has 0 atom stereocenters. The molecule has 0 aliphatic rings. The smallest absolute Gasteiger partial charge is 0.208 e. The van der Waals surface area contributed by atoms with Gasteiger partial charge in [-0.15, -0.1) is 0 Å². The van der Waals surface area contributed by atoms with E-state index >= 15 is 0 Å². The number of oxazole rings is 1. The van der Waals surface area contributed by atoms with Crippen LogP contribution >= 0.6 is 0 Å². The summed E-state index contributed by atoms with van der Waals surface area (Å²) in [6.07, 6.45) is 2.76. The predicted octanol–water partition coefficient (Wildman–Crippen LogP) is 3.15. The van der Waals surface area contributed by atoms with Crippen LogP contribution in [-0.2, 0) is 13.0 Å². The van der Waals surface area contributed by atoms with Crippen molar-refractivity contribution in [2.45, 2.75) is 60.0 Å². The Morgan fingerprint density at radius 1 is 1.19 bits per heavy atom. The molecule has 0 spiro atoms. The summed E-state index contributed by atoms with van der Waals surface area (Å²) in [5.41, 5.74) is 0.340. The van der Waals surface area contributed by atoms with Gasteiger partial charge in [-0.25, -0.2) is 4.98 Å². The maximum atomic E-state index is 5.68. The highest BCUT2D eigenvalue weighted by atomic mass is 16.4. The minimum absolute atomic E-state index is 0.0959. The quantitative estimate of drug-likeness (QED) is 0.857. The summed E-state index contributed by atoms with van der Waals surface area (Å²) in [4.78, 5) is 4.27. The Bertz CT molecular complexity index is 328. The first-order valence-corrected chi connectivity index (χ1v) is 5.84. The lowest BCUT2D eigenvalue weighted by Gasteiger charge is -2.19. The Hall–Kier alpha value is -0.830. The van der Waals surface area contributed by atoms with Crippen molar-refractivity contribution in [3.8, 4) is 0 Å². The van der Waals surface area contributed by atoms with E-state index in [1.807, 2.05) is 6.20 Å². The van der Waals surface area contributed by atoms with Crippen LogP contribution in [0.15, 0.2) is 10.6 Å². The first-order chi connectivity index (χ1) is 7.16. The fourth-order valence-corrected chi connectivity index (χ4v) is 1.37. The number of nitrogens with one attached hydrogen (secondary N) is 1. The Morgan fingerprint density at radius 2 is 1.81 bits per heavy atom. The molecule has 1 heterocycles. The van der Waals surface area contributed by atoms with Gasteiger partial charge in [0.15, 0.2) is 0 Å². The van der Waals surface area contributed by atoms with E-state index in [1.165, 1.54) is 0 Å². The van der Waals surface area contributed by atoms with Crippen molar-refractivity contribution >= 4 is 0 Å². The molecule has 16 heavy (non-hydrogen) atoms. The zero-order valence-electron chi connectivity index (χ0n) is 11.3. The molecule has 0 bridgehead atoms. The summed E-state index contributed by atoms with van der Waals surface area (Å²) in [5.74, 6) is 1.74. The lowest BCUT2D eigenvalue weighted by Crippen LogP contribution is -2.35. The van der Waals surface area contributed by atoms with Crippen LogP contribution in [0.4, 0.5) is 0 Å². The zero-order valence-corrected chi connectivity index (χ0v) is 11.3. The first kappa shape index (κ1) is 13.2. The van der Waals surface area contributed by atoms with Crippen LogP contribution in [0.2, 0.25) is 0 Å². The normalized spacial score (nSPS) is 13.1. The summed E-state index contributed by atoms with van der Waals surface area (Å²) in [6.45, 7) is 13.7. The van der Waals surface area contributed by atoms with E-state index in [2.05, 4.69) is 51.8 Å². The second-order valence-corrected chi connectivity index (χ2v) is 6.56. The Kier molecular flexibility index (Phi) is 3.79. The third-order valence-electron chi connectivity index (χ3n) is 2.08. The molecule has 1 aromatic rings. The van der Waals surface area contributed by atoms with Gasteiger partial charge in [-0.1, -0.05) is 20.8 Å². The maximum absolute atomic E-state index is 5.68. The molecule has 0 fully saturated rings. The van der Waals surface area contributed by atoms with E-state index in [0.717, 1.165) is 18.1 Å². The molecule has 1 rings (SSSR count). The van der Waals surface area contributed by atoms with E-state index in [4.69, 9.17) is 4.42 Å². The number of rotatable bonds is 3. The highest BCUT2D eigenvalue weighted by Gasteiger charge is 2.16. The fraction of sp³-hybridized carbons (Fsp3) is 0.769. The van der Waals surface area contributed by atoms with E-state index in [9.17, 15) is 0 Å². The SMILES string of the molecule is CC(C)(C)Cc1cnc(CNC(C)(C)C)o1. The Labute approximate surface area is 98.6 Å². The van der Waals surface area contributed by atoms with Crippen LogP contribution in [0.5, 0.6) is 0 Å². The number of hydrogen-bond acceptors (Lipinski definition) is 3. The van der Waals surface area contributed by atoms with Crippen molar-refractivity contribution in [2.75, 3.05) is 0 Å². The predicted molar refractivity (Wildman–Crippen MR) is 66.3 cm³/mol. The molecule has 0 radical (unpaired) electrons. The minimum Gasteiger partial charge on any atom is -0.444 e. The molecule has 92 valence electrons. The van der Waals surface area contributed by atoms with E-state index in [-0.39, 0.29) is 11.0 Å². The summed E-state index contributed by atoms with van der Waals surface area (Å²) in [7, 11) is 0. The topological polar surface area (TPSA) is 38.1 Å². The molecule has 1 N–H and O–H groups in total. The van der Waals surface area contributed by atoms with Gasteiger partial charge >= 0.3 is 0 Å². The maximum Gasteiger partial charge on any atom is 0.208 e. The molecule has 0 unspecified atom stereocenters. The van der Waals surface area contributed by atoms with E-state index in [0.29, 0.717) is 6.54 Å². The van der Waals surface area contributed by atoms with Gasteiger partial charge in [-0.2, -0.15) is 0 Å². The van der Waals surface area contributed by atoms with Crippen LogP contribution in [0.1, 0.15) is 53.2 Å². The fourth-order valence-electron chi connectivity index (χ4n) is 1.37. The number of aromatic nitrogens is 1. The van der Waals surface area contributed by atoms with Crippen molar-refractivity contribution in [2.24, 2.45) is 5.41 Å². The molecule has 0 aliphatic carbocycles. The van der Waals surface area contributed by atoms with Crippen LogP contribution in [-0.4, -0.2) is 10.5 Å². The van der Waals surface area contributed by atoms with Crippen molar-refractivity contribution in [1.29, 1.82) is 0 Å². The van der Waals surface area contributed by atoms with Crippen LogP contribution in [0.25, 0.3) is 0 Å². The monoisotopic (exact) mass is 224 g/mol.